The van der Waals surface area contributed by atoms with Gasteiger partial charge < -0.3 is 10.5 Å². The van der Waals surface area contributed by atoms with Crippen LogP contribution in [0.15, 0.2) is 60.7 Å². The van der Waals surface area contributed by atoms with Crippen molar-refractivity contribution in [2.24, 2.45) is 0 Å². The summed E-state index contributed by atoms with van der Waals surface area (Å²) in [5.41, 5.74) is 10.4. The van der Waals surface area contributed by atoms with E-state index in [9.17, 15) is 4.79 Å². The zero-order valence-electron chi connectivity index (χ0n) is 14.1. The monoisotopic (exact) mass is 385 g/mol. The van der Waals surface area contributed by atoms with E-state index in [4.69, 9.17) is 33.7 Å². The third-order valence-electron chi connectivity index (χ3n) is 4.01. The largest absolute Gasteiger partial charge is 0.462 e. The van der Waals surface area contributed by atoms with Crippen molar-refractivity contribution in [1.29, 1.82) is 0 Å². The molecule has 0 radical (unpaired) electrons. The Labute approximate surface area is 162 Å². The Bertz CT molecular complexity index is 935. The van der Waals surface area contributed by atoms with Crippen LogP contribution in [0.1, 0.15) is 17.3 Å². The Kier molecular flexibility index (Phi) is 5.50. The Morgan fingerprint density at radius 2 is 1.42 bits per heavy atom. The summed E-state index contributed by atoms with van der Waals surface area (Å²) in [6.07, 6.45) is 0. The van der Waals surface area contributed by atoms with Crippen molar-refractivity contribution in [1.82, 2.24) is 0 Å². The van der Waals surface area contributed by atoms with Crippen LogP contribution in [0.4, 0.5) is 5.69 Å². The zero-order chi connectivity index (χ0) is 18.7. The van der Waals surface area contributed by atoms with E-state index in [-0.39, 0.29) is 6.61 Å². The van der Waals surface area contributed by atoms with Gasteiger partial charge in [0.2, 0.25) is 0 Å². The Balaban J connectivity index is 2.20. The Morgan fingerprint density at radius 3 is 1.96 bits per heavy atom. The first-order valence-corrected chi connectivity index (χ1v) is 8.87. The van der Waals surface area contributed by atoms with Gasteiger partial charge in [-0.25, -0.2) is 4.79 Å². The van der Waals surface area contributed by atoms with Crippen molar-refractivity contribution in [3.63, 3.8) is 0 Å². The van der Waals surface area contributed by atoms with Crippen LogP contribution < -0.4 is 5.73 Å². The van der Waals surface area contributed by atoms with Crippen molar-refractivity contribution < 1.29 is 9.53 Å². The molecule has 0 aromatic heterocycles. The number of esters is 1. The molecule has 3 nitrogen and oxygen atoms in total. The molecule has 3 aromatic carbocycles. The lowest BCUT2D eigenvalue weighted by Gasteiger charge is -2.14. The number of hydrogen-bond acceptors (Lipinski definition) is 3. The second kappa shape index (κ2) is 7.81. The minimum Gasteiger partial charge on any atom is -0.462 e. The van der Waals surface area contributed by atoms with E-state index >= 15 is 0 Å². The number of nitrogen functional groups attached to an aromatic ring is 1. The van der Waals surface area contributed by atoms with Gasteiger partial charge in [-0.15, -0.1) is 0 Å². The van der Waals surface area contributed by atoms with Gasteiger partial charge in [-0.2, -0.15) is 0 Å². The number of benzene rings is 3. The van der Waals surface area contributed by atoms with Gasteiger partial charge >= 0.3 is 5.97 Å². The topological polar surface area (TPSA) is 52.3 Å². The molecule has 0 atom stereocenters. The molecule has 0 spiro atoms. The van der Waals surface area contributed by atoms with Gasteiger partial charge in [0.25, 0.3) is 0 Å². The molecule has 26 heavy (non-hydrogen) atoms. The lowest BCUT2D eigenvalue weighted by molar-refractivity contribution is 0.0527. The molecule has 0 aliphatic rings. The van der Waals surface area contributed by atoms with Crippen molar-refractivity contribution in [3.8, 4) is 22.3 Å². The number of rotatable bonds is 4. The summed E-state index contributed by atoms with van der Waals surface area (Å²) in [4.78, 5) is 12.4. The molecule has 5 heteroatoms. The molecule has 132 valence electrons. The molecule has 3 aromatic rings. The molecule has 0 saturated carbocycles. The van der Waals surface area contributed by atoms with Crippen molar-refractivity contribution in [2.45, 2.75) is 6.92 Å². The van der Waals surface area contributed by atoms with E-state index in [0.717, 1.165) is 22.3 Å². The number of halogens is 2. The average molecular weight is 386 g/mol. The fourth-order valence-electron chi connectivity index (χ4n) is 2.71. The summed E-state index contributed by atoms with van der Waals surface area (Å²) in [6, 6.07) is 18.4. The van der Waals surface area contributed by atoms with Crippen LogP contribution in [-0.4, -0.2) is 12.6 Å². The normalized spacial score (nSPS) is 10.6. The van der Waals surface area contributed by atoms with Crippen molar-refractivity contribution in [2.75, 3.05) is 12.3 Å². The molecule has 0 amide bonds. The van der Waals surface area contributed by atoms with Gasteiger partial charge in [-0.05, 0) is 60.0 Å². The van der Waals surface area contributed by atoms with Gasteiger partial charge in [-0.3, -0.25) is 0 Å². The standard InChI is InChI=1S/C21H17Cl2NO2/c1-2-26-21(25)19-12-15(13-3-7-16(22)8-4-13)11-18(20(19)24)14-5-9-17(23)10-6-14/h3-12H,2,24H2,1H3. The molecule has 0 bridgehead atoms. The van der Waals surface area contributed by atoms with Gasteiger partial charge in [0.05, 0.1) is 17.9 Å². The van der Waals surface area contributed by atoms with E-state index in [1.54, 1.807) is 37.3 Å². The summed E-state index contributed by atoms with van der Waals surface area (Å²) in [5.74, 6) is -0.448. The highest BCUT2D eigenvalue weighted by Crippen LogP contribution is 2.35. The van der Waals surface area contributed by atoms with Crippen LogP contribution in [-0.2, 0) is 4.74 Å². The predicted octanol–water partition coefficient (Wildman–Crippen LogP) is 6.09. The number of hydrogen-bond donors (Lipinski definition) is 1. The van der Waals surface area contributed by atoms with E-state index in [1.165, 1.54) is 0 Å². The molecule has 0 aliphatic heterocycles. The highest BCUT2D eigenvalue weighted by molar-refractivity contribution is 6.31. The third kappa shape index (κ3) is 3.85. The van der Waals surface area contributed by atoms with Crippen LogP contribution in [0, 0.1) is 0 Å². The fourth-order valence-corrected chi connectivity index (χ4v) is 2.96. The molecule has 0 aliphatic carbocycles. The summed E-state index contributed by atoms with van der Waals surface area (Å²) in [7, 11) is 0. The maximum atomic E-state index is 12.4. The van der Waals surface area contributed by atoms with Crippen molar-refractivity contribution >= 4 is 34.9 Å². The number of nitrogens with two attached hydrogens (primary N) is 1. The van der Waals surface area contributed by atoms with Crippen LogP contribution in [0.2, 0.25) is 10.0 Å². The number of ether oxygens (including phenoxy) is 1. The number of anilines is 1. The highest BCUT2D eigenvalue weighted by Gasteiger charge is 2.17. The second-order valence-corrected chi connectivity index (χ2v) is 6.59. The summed E-state index contributed by atoms with van der Waals surface area (Å²) < 4.78 is 5.17. The van der Waals surface area contributed by atoms with Gasteiger partial charge in [0, 0.05) is 15.6 Å². The quantitative estimate of drug-likeness (QED) is 0.436. The molecular weight excluding hydrogens is 369 g/mol. The summed E-state index contributed by atoms with van der Waals surface area (Å²) >= 11 is 12.0. The average Bonchev–Trinajstić information content (AvgIpc) is 2.64. The highest BCUT2D eigenvalue weighted by atomic mass is 35.5. The molecule has 0 saturated heterocycles. The van der Waals surface area contributed by atoms with E-state index < -0.39 is 5.97 Å². The minimum absolute atomic E-state index is 0.278. The van der Waals surface area contributed by atoms with Crippen LogP contribution >= 0.6 is 23.2 Å². The van der Waals surface area contributed by atoms with Gasteiger partial charge in [0.1, 0.15) is 0 Å². The maximum absolute atomic E-state index is 12.4. The first-order chi connectivity index (χ1) is 12.5. The smallest absolute Gasteiger partial charge is 0.340 e. The zero-order valence-corrected chi connectivity index (χ0v) is 15.6. The van der Waals surface area contributed by atoms with Crippen molar-refractivity contribution in [3.05, 3.63) is 76.3 Å². The lowest BCUT2D eigenvalue weighted by atomic mass is 9.94. The number of carbonyl (C=O) groups excluding carboxylic acids is 1. The van der Waals surface area contributed by atoms with Gasteiger partial charge in [-0.1, -0.05) is 47.5 Å². The van der Waals surface area contributed by atoms with E-state index in [0.29, 0.717) is 21.3 Å². The number of carbonyl (C=O) groups is 1. The van der Waals surface area contributed by atoms with Gasteiger partial charge in [0.15, 0.2) is 0 Å². The molecular formula is C21H17Cl2NO2. The molecule has 0 unspecified atom stereocenters. The Hall–Kier alpha value is -2.49. The van der Waals surface area contributed by atoms with Crippen LogP contribution in [0.25, 0.3) is 22.3 Å². The third-order valence-corrected chi connectivity index (χ3v) is 4.51. The molecule has 3 rings (SSSR count). The predicted molar refractivity (Wildman–Crippen MR) is 108 cm³/mol. The molecule has 2 N–H and O–H groups in total. The van der Waals surface area contributed by atoms with E-state index in [2.05, 4.69) is 0 Å². The summed E-state index contributed by atoms with van der Waals surface area (Å²) in [5, 5.41) is 1.28. The van der Waals surface area contributed by atoms with Crippen LogP contribution in [0.5, 0.6) is 0 Å². The van der Waals surface area contributed by atoms with E-state index in [1.807, 2.05) is 30.3 Å². The minimum atomic E-state index is -0.448. The van der Waals surface area contributed by atoms with Crippen LogP contribution in [0.3, 0.4) is 0 Å². The maximum Gasteiger partial charge on any atom is 0.340 e. The lowest BCUT2D eigenvalue weighted by Crippen LogP contribution is -2.09. The molecule has 0 fully saturated rings. The fraction of sp³-hybridized carbons (Fsp3) is 0.0952. The Morgan fingerprint density at radius 1 is 0.885 bits per heavy atom. The SMILES string of the molecule is CCOC(=O)c1cc(-c2ccc(Cl)cc2)cc(-c2ccc(Cl)cc2)c1N. The first-order valence-electron chi connectivity index (χ1n) is 8.12. The second-order valence-electron chi connectivity index (χ2n) is 5.72. The first kappa shape index (κ1) is 18.3. The molecule has 0 heterocycles. The summed E-state index contributed by atoms with van der Waals surface area (Å²) in [6.45, 7) is 2.04.